The lowest BCUT2D eigenvalue weighted by Crippen LogP contribution is -2.21. The standard InChI is InChI=1S/C5H10N5/c6-2-1-3-9-5(8)10-4-7/h1-3,6H2,(H2,8,9). The third-order valence-electron chi connectivity index (χ3n) is 0.801. The van der Waals surface area contributed by atoms with Crippen molar-refractivity contribution in [1.29, 1.82) is 5.26 Å². The first kappa shape index (κ1) is 8.72. The van der Waals surface area contributed by atoms with Gasteiger partial charge in [-0.25, -0.2) is 0 Å². The van der Waals surface area contributed by atoms with Gasteiger partial charge in [0.1, 0.15) is 0 Å². The fourth-order valence-electron chi connectivity index (χ4n) is 0.371. The van der Waals surface area contributed by atoms with Crippen LogP contribution in [0.1, 0.15) is 6.42 Å². The van der Waals surface area contributed by atoms with Crippen molar-refractivity contribution >= 4 is 5.96 Å². The Morgan fingerprint density at radius 1 is 1.60 bits per heavy atom. The van der Waals surface area contributed by atoms with Gasteiger partial charge < -0.3 is 11.5 Å². The minimum Gasteiger partial charge on any atom is -0.367 e. The van der Waals surface area contributed by atoms with Gasteiger partial charge in [-0.1, -0.05) is 0 Å². The molecular formula is C5H10N5. The summed E-state index contributed by atoms with van der Waals surface area (Å²) in [6.45, 7) is 1.11. The third-order valence-corrected chi connectivity index (χ3v) is 0.801. The predicted molar refractivity (Wildman–Crippen MR) is 37.9 cm³/mol. The molecule has 0 aliphatic heterocycles. The average molecular weight is 140 g/mol. The topological polar surface area (TPSA) is 102 Å². The van der Waals surface area contributed by atoms with E-state index >= 15 is 0 Å². The average Bonchev–Trinajstić information content (AvgIpc) is 1.89. The fraction of sp³-hybridized carbons (Fsp3) is 0.600. The molecular weight excluding hydrogens is 130 g/mol. The highest BCUT2D eigenvalue weighted by molar-refractivity contribution is 5.78. The van der Waals surface area contributed by atoms with Gasteiger partial charge in [0.15, 0.2) is 0 Å². The fourth-order valence-corrected chi connectivity index (χ4v) is 0.371. The van der Waals surface area contributed by atoms with Crippen molar-refractivity contribution in [1.82, 2.24) is 5.32 Å². The number of hydrogen-bond donors (Lipinski definition) is 2. The molecule has 0 aromatic rings. The van der Waals surface area contributed by atoms with Crippen LogP contribution in [0.4, 0.5) is 0 Å². The molecule has 0 aliphatic carbocycles. The quantitative estimate of drug-likeness (QED) is 0.221. The van der Waals surface area contributed by atoms with E-state index in [1.54, 1.807) is 0 Å². The lowest BCUT2D eigenvalue weighted by atomic mass is 10.4. The summed E-state index contributed by atoms with van der Waals surface area (Å²) in [5.74, 6) is 0.0240. The summed E-state index contributed by atoms with van der Waals surface area (Å²) in [7, 11) is 0. The van der Waals surface area contributed by atoms with Crippen LogP contribution in [0.3, 0.4) is 0 Å². The monoisotopic (exact) mass is 140 g/mol. The van der Waals surface area contributed by atoms with Crippen LogP contribution < -0.4 is 16.8 Å². The Labute approximate surface area is 59.7 Å². The van der Waals surface area contributed by atoms with Crippen LogP contribution in [-0.2, 0) is 0 Å². The molecule has 0 aromatic heterocycles. The highest BCUT2D eigenvalue weighted by Crippen LogP contribution is 1.75. The summed E-state index contributed by atoms with van der Waals surface area (Å²) in [4.78, 5) is 3.73. The minimum atomic E-state index is 0.0240. The van der Waals surface area contributed by atoms with Gasteiger partial charge >= 0.3 is 0 Å². The lowest BCUT2D eigenvalue weighted by Gasteiger charge is -1.91. The Morgan fingerprint density at radius 3 is 2.80 bits per heavy atom. The summed E-state index contributed by atoms with van der Waals surface area (Å²) < 4.78 is 0. The van der Waals surface area contributed by atoms with Crippen molar-refractivity contribution in [2.24, 2.45) is 16.5 Å². The first-order valence-corrected chi connectivity index (χ1v) is 2.91. The van der Waals surface area contributed by atoms with E-state index in [-0.39, 0.29) is 5.96 Å². The molecule has 0 heterocycles. The van der Waals surface area contributed by atoms with Gasteiger partial charge in [-0.2, -0.15) is 5.26 Å². The molecule has 55 valence electrons. The first-order valence-electron chi connectivity index (χ1n) is 2.91. The highest BCUT2D eigenvalue weighted by atomic mass is 15.1. The van der Waals surface area contributed by atoms with E-state index in [0.717, 1.165) is 6.42 Å². The van der Waals surface area contributed by atoms with Crippen LogP contribution in [-0.4, -0.2) is 19.0 Å². The molecule has 0 atom stereocenters. The Morgan fingerprint density at radius 2 is 2.30 bits per heavy atom. The van der Waals surface area contributed by atoms with Gasteiger partial charge in [0.05, 0.1) is 0 Å². The molecule has 10 heavy (non-hydrogen) atoms. The number of nitriles is 1. The van der Waals surface area contributed by atoms with E-state index in [1.165, 1.54) is 6.19 Å². The molecule has 0 fully saturated rings. The highest BCUT2D eigenvalue weighted by Gasteiger charge is 1.88. The largest absolute Gasteiger partial charge is 0.367 e. The van der Waals surface area contributed by atoms with Gasteiger partial charge in [0.25, 0.3) is 0 Å². The van der Waals surface area contributed by atoms with Gasteiger partial charge in [0, 0.05) is 6.54 Å². The molecule has 0 aliphatic rings. The molecule has 0 unspecified atom stereocenters. The molecule has 4 N–H and O–H groups in total. The van der Waals surface area contributed by atoms with Crippen LogP contribution in [0.5, 0.6) is 0 Å². The zero-order valence-corrected chi connectivity index (χ0v) is 5.62. The second-order valence-electron chi connectivity index (χ2n) is 1.59. The van der Waals surface area contributed by atoms with Crippen LogP contribution >= 0.6 is 0 Å². The van der Waals surface area contributed by atoms with Crippen LogP contribution in [0.25, 0.3) is 0 Å². The summed E-state index contributed by atoms with van der Waals surface area (Å²) in [6, 6.07) is 0. The van der Waals surface area contributed by atoms with Crippen LogP contribution in [0, 0.1) is 11.5 Å². The molecule has 5 heteroatoms. The maximum atomic E-state index is 7.99. The maximum absolute atomic E-state index is 7.99. The lowest BCUT2D eigenvalue weighted by molar-refractivity contribution is 0.839. The van der Waals surface area contributed by atoms with Crippen LogP contribution in [0.15, 0.2) is 4.99 Å². The second-order valence-corrected chi connectivity index (χ2v) is 1.59. The smallest absolute Gasteiger partial charge is 0.226 e. The number of nitrogens with two attached hydrogens (primary N) is 2. The van der Waals surface area contributed by atoms with E-state index in [0.29, 0.717) is 13.1 Å². The summed E-state index contributed by atoms with van der Waals surface area (Å²) in [6.07, 6.45) is 2.30. The minimum absolute atomic E-state index is 0.0240. The third kappa shape index (κ3) is 4.87. The van der Waals surface area contributed by atoms with Crippen LogP contribution in [0.2, 0.25) is 0 Å². The molecule has 0 rings (SSSR count). The van der Waals surface area contributed by atoms with Crippen molar-refractivity contribution in [2.75, 3.05) is 13.1 Å². The van der Waals surface area contributed by atoms with Gasteiger partial charge in [-0.05, 0) is 13.0 Å². The number of nitrogens with zero attached hydrogens (tertiary/aromatic N) is 3. The van der Waals surface area contributed by atoms with Crippen molar-refractivity contribution in [3.05, 3.63) is 0 Å². The molecule has 0 bridgehead atoms. The Kier molecular flexibility index (Phi) is 5.10. The summed E-state index contributed by atoms with van der Waals surface area (Å²) in [5.41, 5.74) is 10.3. The van der Waals surface area contributed by atoms with Gasteiger partial charge in [-0.15, -0.1) is 5.32 Å². The van der Waals surface area contributed by atoms with Crippen molar-refractivity contribution < 1.29 is 0 Å². The van der Waals surface area contributed by atoms with E-state index < -0.39 is 0 Å². The Bertz CT molecular complexity index is 145. The Balaban J connectivity index is 3.40. The van der Waals surface area contributed by atoms with Gasteiger partial charge in [-0.3, -0.25) is 4.99 Å². The molecule has 0 aromatic carbocycles. The molecule has 0 spiro atoms. The van der Waals surface area contributed by atoms with E-state index in [2.05, 4.69) is 10.3 Å². The predicted octanol–water partition coefficient (Wildman–Crippen LogP) is -1.26. The van der Waals surface area contributed by atoms with E-state index in [4.69, 9.17) is 16.7 Å². The molecule has 5 nitrogen and oxygen atoms in total. The van der Waals surface area contributed by atoms with Crippen molar-refractivity contribution in [3.8, 4) is 6.19 Å². The normalized spacial score (nSPS) is 10.6. The molecule has 0 saturated heterocycles. The molecule has 0 saturated carbocycles. The first-order chi connectivity index (χ1) is 4.81. The zero-order valence-electron chi connectivity index (χ0n) is 5.62. The second kappa shape index (κ2) is 5.85. The number of guanidine groups is 1. The zero-order chi connectivity index (χ0) is 7.82. The number of aliphatic imine (C=N–C) groups is 1. The van der Waals surface area contributed by atoms with Crippen molar-refractivity contribution in [3.63, 3.8) is 0 Å². The molecule has 0 amide bonds. The van der Waals surface area contributed by atoms with Crippen molar-refractivity contribution in [2.45, 2.75) is 6.42 Å². The Hall–Kier alpha value is -1.28. The van der Waals surface area contributed by atoms with Gasteiger partial charge in [0.2, 0.25) is 12.2 Å². The van der Waals surface area contributed by atoms with E-state index in [1.807, 2.05) is 0 Å². The van der Waals surface area contributed by atoms with E-state index in [9.17, 15) is 0 Å². The summed E-state index contributed by atoms with van der Waals surface area (Å²) in [5, 5.41) is 11.2. The maximum Gasteiger partial charge on any atom is 0.226 e. The molecule has 1 radical (unpaired) electrons. The number of rotatable bonds is 3. The number of hydrogen-bond acceptors (Lipinski definition) is 3. The SMILES string of the molecule is N#C[N]C(N)=NCCCN. The summed E-state index contributed by atoms with van der Waals surface area (Å²) >= 11 is 0.